The standard InChI is InChI=1S/C22H30O3.C18H27NO5.C17H29NO4S.C13H25NO4S.C13H20O5.C12H21NO6S2/c1-3-15(2)19-6-4-16(5-7-19)13-25-22-11-17-8-18(12-22)10-21(9-17,14-22)20(23)24;1-4-15(2,3)14(23)24-18-7-11-5-16(9-18,12(19)20)8-17(6-11,10-18)13(21)22;1-5-15(2,3)14(19)22-17-9-12-6-13(10-17)8-16(7-12,11-17)18-23(4,20)21;1-5-13(2,3)12(15)18-11-8-6-10(7-9-11)14-19(4,16)17;1-3-6(2)18-9-5-7-4-8(9)11(13(16)17)10(7)12(14)15;1-4-12(2,3)11(14)19-8-5-6-9-10(7-8)21(17,18)13-20(9,15)16/h4-7,15,17-18H,3,8-14H2,1-2H3,(H,23,24);11H,4-10H2,1-3H3,(H2,19,20)(H,21,22);12-13,18H,5-11H2,1-4H3;10-11,14H,5-9H2,1-4H3;6-11H,3-5H2,1-2H3,(H,14,15)(H,16,17);8-10,13H,4-7H2,1-3H3. The molecule has 1 aromatic carbocycles. The number of primary amides is 1. The zero-order valence-electron chi connectivity index (χ0n) is 80.1. The maximum atomic E-state index is 12.6. The molecule has 14 bridgehead atoms. The summed E-state index contributed by atoms with van der Waals surface area (Å²) in [6.45, 7) is 31.6. The van der Waals surface area contributed by atoms with E-state index in [2.05, 4.69) is 47.6 Å². The van der Waals surface area contributed by atoms with Gasteiger partial charge in [0.25, 0.3) is 0 Å². The number of benzene rings is 1. The lowest BCUT2D eigenvalue weighted by molar-refractivity contribution is -0.230. The molecule has 0 spiro atoms. The topological polar surface area (TPSA) is 489 Å². The van der Waals surface area contributed by atoms with E-state index in [0.717, 1.165) is 109 Å². The van der Waals surface area contributed by atoms with Gasteiger partial charge in [-0.3, -0.25) is 43.2 Å². The van der Waals surface area contributed by atoms with Crippen molar-refractivity contribution in [1.29, 1.82) is 0 Å². The summed E-state index contributed by atoms with van der Waals surface area (Å²) in [4.78, 5) is 108. The van der Waals surface area contributed by atoms with Gasteiger partial charge in [0.15, 0.2) is 0 Å². The minimum Gasteiger partial charge on any atom is -0.481 e. The minimum absolute atomic E-state index is 0.0239. The van der Waals surface area contributed by atoms with Gasteiger partial charge in [0.2, 0.25) is 46.0 Å². The van der Waals surface area contributed by atoms with Gasteiger partial charge >= 0.3 is 47.8 Å². The second-order valence-electron chi connectivity index (χ2n) is 44.9. The first-order valence-corrected chi connectivity index (χ1v) is 54.6. The summed E-state index contributed by atoms with van der Waals surface area (Å²) >= 11 is 0. The van der Waals surface area contributed by atoms with Crippen molar-refractivity contribution < 1.29 is 126 Å². The van der Waals surface area contributed by atoms with E-state index in [1.165, 1.54) is 30.1 Å². The number of hydrogen-bond donors (Lipinski definition) is 8. The number of amides is 1. The predicted molar refractivity (Wildman–Crippen MR) is 485 cm³/mol. The molecule has 1 amide bonds. The third-order valence-electron chi connectivity index (χ3n) is 32.7. The molecule has 18 rings (SSSR count). The summed E-state index contributed by atoms with van der Waals surface area (Å²) in [5, 5.41) is 36.1. The largest absolute Gasteiger partial charge is 0.481 e. The molecule has 31 nitrogen and oxygen atoms in total. The van der Waals surface area contributed by atoms with E-state index in [9.17, 15) is 92.1 Å². The summed E-state index contributed by atoms with van der Waals surface area (Å²) in [6.07, 6.45) is 25.2. The molecule has 1 heterocycles. The number of carboxylic acid groups (broad SMARTS) is 4. The van der Waals surface area contributed by atoms with E-state index in [0.29, 0.717) is 113 Å². The maximum absolute atomic E-state index is 12.6. The first-order chi connectivity index (χ1) is 60.0. The highest BCUT2D eigenvalue weighted by Crippen LogP contribution is 2.69. The van der Waals surface area contributed by atoms with Crippen molar-refractivity contribution in [2.45, 2.75) is 398 Å². The second-order valence-corrected chi connectivity index (χ2v) is 52.5. The minimum atomic E-state index is -3.89. The average Bonchev–Trinajstić information content (AvgIpc) is 0.761. The van der Waals surface area contributed by atoms with Crippen LogP contribution in [0.2, 0.25) is 0 Å². The lowest BCUT2D eigenvalue weighted by Gasteiger charge is -2.63. The van der Waals surface area contributed by atoms with Crippen LogP contribution in [0, 0.1) is 91.2 Å². The third-order valence-corrected chi connectivity index (χ3v) is 39.0. The van der Waals surface area contributed by atoms with E-state index in [4.69, 9.17) is 39.3 Å². The van der Waals surface area contributed by atoms with Crippen LogP contribution in [0.1, 0.15) is 340 Å². The Labute approximate surface area is 771 Å². The molecule has 9 N–H and O–H groups in total. The van der Waals surface area contributed by atoms with Crippen molar-refractivity contribution in [3.05, 3.63) is 35.4 Å². The third kappa shape index (κ3) is 24.3. The van der Waals surface area contributed by atoms with Gasteiger partial charge in [-0.15, -0.1) is 4.13 Å². The molecule has 130 heavy (non-hydrogen) atoms. The predicted octanol–water partition coefficient (Wildman–Crippen LogP) is 13.9. The fourth-order valence-corrected chi connectivity index (χ4v) is 31.9. The molecule has 18 atom stereocenters. The summed E-state index contributed by atoms with van der Waals surface area (Å²) in [7, 11) is -14.1. The lowest BCUT2D eigenvalue weighted by atomic mass is 9.42. The van der Waals surface area contributed by atoms with Gasteiger partial charge in [-0.25, -0.2) is 43.1 Å². The Balaban J connectivity index is 0.000000163. The first kappa shape index (κ1) is 106. The smallest absolute Gasteiger partial charge is 0.312 e. The number of hydrogen-bond acceptors (Lipinski definition) is 23. The molecular weight excluding hydrogens is 1760 g/mol. The molecular formula is C95H152N4O27S4. The Morgan fingerprint density at radius 2 is 0.938 bits per heavy atom. The van der Waals surface area contributed by atoms with Gasteiger partial charge in [0.05, 0.1) is 97.2 Å². The molecule has 17 aliphatic rings. The fourth-order valence-electron chi connectivity index (χ4n) is 25.0. The van der Waals surface area contributed by atoms with Crippen LogP contribution in [-0.4, -0.2) is 184 Å². The van der Waals surface area contributed by atoms with Crippen LogP contribution in [0.15, 0.2) is 24.3 Å². The van der Waals surface area contributed by atoms with Crippen molar-refractivity contribution in [3.63, 3.8) is 0 Å². The van der Waals surface area contributed by atoms with Crippen molar-refractivity contribution in [2.24, 2.45) is 96.9 Å². The fraction of sp³-hybridized carbons (Fsp3) is 0.842. The molecule has 17 fully saturated rings. The number of nitrogens with one attached hydrogen (secondary N) is 3. The highest BCUT2D eigenvalue weighted by molar-refractivity contribution is 8.08. The summed E-state index contributed by atoms with van der Waals surface area (Å²) in [5.74, 6) is -3.91. The normalized spacial score (nSPS) is 36.3. The van der Waals surface area contributed by atoms with Gasteiger partial charge in [-0.1, -0.05) is 72.7 Å². The Morgan fingerprint density at radius 3 is 1.42 bits per heavy atom. The lowest BCUT2D eigenvalue weighted by Crippen LogP contribution is -2.66. The van der Waals surface area contributed by atoms with Crippen molar-refractivity contribution in [1.82, 2.24) is 13.6 Å². The van der Waals surface area contributed by atoms with E-state index < -0.39 is 153 Å². The molecule has 0 radical (unpaired) electrons. The van der Waals surface area contributed by atoms with E-state index in [1.54, 1.807) is 18.0 Å². The summed E-state index contributed by atoms with van der Waals surface area (Å²) in [5.41, 5.74) is 1.79. The maximum Gasteiger partial charge on any atom is 0.312 e. The number of fused-ring (bicyclic) bond motifs is 3. The number of aliphatic carboxylic acids is 4. The van der Waals surface area contributed by atoms with Crippen LogP contribution in [0.5, 0.6) is 0 Å². The molecule has 1 saturated heterocycles. The second kappa shape index (κ2) is 39.6. The zero-order chi connectivity index (χ0) is 96.9. The Hall–Kier alpha value is -5.95. The summed E-state index contributed by atoms with van der Waals surface area (Å²) < 4.78 is 136. The number of nitrogens with two attached hydrogens (primary N) is 1. The monoisotopic (exact) mass is 1910 g/mol. The first-order valence-electron chi connectivity index (χ1n) is 47.7. The van der Waals surface area contributed by atoms with E-state index in [1.807, 2.05) is 83.1 Å². The molecule has 1 aliphatic heterocycles. The molecule has 18 unspecified atom stereocenters. The number of carbonyl (C=O) groups is 9. The van der Waals surface area contributed by atoms with Gasteiger partial charge in [-0.05, 0) is 307 Å². The number of sulfonamides is 4. The number of ether oxygens (including phenoxy) is 6. The molecule has 35 heteroatoms. The van der Waals surface area contributed by atoms with Crippen LogP contribution in [0.4, 0.5) is 0 Å². The van der Waals surface area contributed by atoms with Crippen LogP contribution >= 0.6 is 0 Å². The number of carbonyl (C=O) groups excluding carboxylic acids is 5. The van der Waals surface area contributed by atoms with Crippen LogP contribution < -0.4 is 19.3 Å². The highest BCUT2D eigenvalue weighted by Gasteiger charge is 2.71. The molecule has 1 aromatic rings. The number of esters is 4. The van der Waals surface area contributed by atoms with E-state index in [-0.39, 0.29) is 90.8 Å². The Kier molecular flexibility index (Phi) is 32.3. The van der Waals surface area contributed by atoms with Gasteiger partial charge in [0, 0.05) is 37.3 Å². The van der Waals surface area contributed by atoms with Crippen molar-refractivity contribution >= 4 is 93.8 Å². The average molecular weight is 1910 g/mol. The highest BCUT2D eigenvalue weighted by atomic mass is 32.3. The van der Waals surface area contributed by atoms with Crippen molar-refractivity contribution in [2.75, 3.05) is 12.5 Å². The molecule has 16 saturated carbocycles. The van der Waals surface area contributed by atoms with Crippen LogP contribution in [0.3, 0.4) is 0 Å². The summed E-state index contributed by atoms with van der Waals surface area (Å²) in [6, 6.07) is 8.75. The van der Waals surface area contributed by atoms with Crippen molar-refractivity contribution in [3.8, 4) is 0 Å². The number of carboxylic acids is 4. The number of rotatable bonds is 29. The van der Waals surface area contributed by atoms with E-state index >= 15 is 0 Å². The van der Waals surface area contributed by atoms with Crippen LogP contribution in [0.25, 0.3) is 0 Å². The Morgan fingerprint density at radius 1 is 0.492 bits per heavy atom. The van der Waals surface area contributed by atoms with Gasteiger partial charge in [-0.2, -0.15) is 0 Å². The molecule has 16 aliphatic carbocycles. The quantitative estimate of drug-likeness (QED) is 0.0273. The Bertz CT molecular complexity index is 4730. The van der Waals surface area contributed by atoms with Gasteiger partial charge in [0.1, 0.15) is 23.4 Å². The molecule has 738 valence electrons. The zero-order valence-corrected chi connectivity index (χ0v) is 83.3. The van der Waals surface area contributed by atoms with Gasteiger partial charge < -0.3 is 54.6 Å². The van der Waals surface area contributed by atoms with Crippen LogP contribution in [-0.2, 0) is 118 Å². The SMILES string of the molecule is CCC(C)(C)C(=O)OC12CC3CC(C(N)=O)(C1)CC(C(=O)O)(C3)C2.CCC(C)(C)C(=O)OC12CC3CC(CC(NS(C)(=O)=O)(C3)C1)C2.CCC(C)(C)C(=O)OC1CCC(NS(C)(=O)=O)CC1.CCC(C)(C)C(=O)OC1CCC2C(C1)S(=O)(=O)NS2(=O)=O.CCC(C)OC1CC2CC1C(C(=O)O)C2C(=O)O.CCC(C)c1ccc(COC23CC4CC(C2)CC(C(=O)O)(C4)C3)cc1. The molecule has 0 aromatic heterocycles.